The second-order valence-corrected chi connectivity index (χ2v) is 6.56. The maximum atomic E-state index is 13.3. The minimum Gasteiger partial charge on any atom is -0.360 e. The Balaban J connectivity index is 1.43. The molecule has 0 atom stereocenters. The quantitative estimate of drug-likeness (QED) is 0.490. The van der Waals surface area contributed by atoms with Gasteiger partial charge in [-0.25, -0.2) is 4.39 Å². The van der Waals surface area contributed by atoms with Crippen molar-refractivity contribution in [3.05, 3.63) is 71.7 Å². The van der Waals surface area contributed by atoms with Gasteiger partial charge in [-0.2, -0.15) is 4.80 Å². The number of hydrogen-bond acceptors (Lipinski definition) is 7. The first-order valence-corrected chi connectivity index (χ1v) is 9.14. The standard InChI is InChI=1S/C20H16FN7O3/c1-12-8-17(26-31-12)23-18(29)11-28-25-19(24-27-28)13-4-3-7-16(10-13)22-20(30)14-5-2-6-15(21)9-14/h2-10H,11H2,1H3,(H,22,30)(H,23,26,29). The number of carbonyl (C=O) groups is 2. The van der Waals surface area contributed by atoms with Crippen LogP contribution in [0.4, 0.5) is 15.9 Å². The molecule has 0 saturated carbocycles. The summed E-state index contributed by atoms with van der Waals surface area (Å²) in [6.45, 7) is 1.54. The maximum absolute atomic E-state index is 13.3. The molecule has 0 saturated heterocycles. The minimum atomic E-state index is -0.495. The second kappa shape index (κ2) is 8.53. The molecular formula is C20H16FN7O3. The van der Waals surface area contributed by atoms with Gasteiger partial charge in [0.15, 0.2) is 5.82 Å². The van der Waals surface area contributed by atoms with Crippen molar-refractivity contribution in [3.8, 4) is 11.4 Å². The van der Waals surface area contributed by atoms with Crippen LogP contribution in [0.25, 0.3) is 11.4 Å². The number of nitrogens with zero attached hydrogens (tertiary/aromatic N) is 5. The van der Waals surface area contributed by atoms with Gasteiger partial charge in [0.05, 0.1) is 0 Å². The molecule has 156 valence electrons. The Kier molecular flexibility index (Phi) is 5.47. The van der Waals surface area contributed by atoms with Crippen molar-refractivity contribution in [2.45, 2.75) is 13.5 Å². The van der Waals surface area contributed by atoms with E-state index in [9.17, 15) is 14.0 Å². The number of rotatable bonds is 6. The summed E-state index contributed by atoms with van der Waals surface area (Å²) in [6, 6.07) is 13.7. The molecule has 2 heterocycles. The number of hydrogen-bond donors (Lipinski definition) is 2. The lowest BCUT2D eigenvalue weighted by Crippen LogP contribution is -2.20. The SMILES string of the molecule is Cc1cc(NC(=O)Cn2nnc(-c3cccc(NC(=O)c4cccc(F)c4)c3)n2)no1. The summed E-state index contributed by atoms with van der Waals surface area (Å²) >= 11 is 0. The second-order valence-electron chi connectivity index (χ2n) is 6.56. The van der Waals surface area contributed by atoms with Gasteiger partial charge in [0.25, 0.3) is 5.91 Å². The zero-order chi connectivity index (χ0) is 21.8. The summed E-state index contributed by atoms with van der Waals surface area (Å²) < 4.78 is 18.2. The molecule has 11 heteroatoms. The lowest BCUT2D eigenvalue weighted by atomic mass is 10.1. The van der Waals surface area contributed by atoms with Crippen LogP contribution < -0.4 is 10.6 Å². The van der Waals surface area contributed by atoms with Gasteiger partial charge in [0.1, 0.15) is 18.1 Å². The van der Waals surface area contributed by atoms with Crippen molar-refractivity contribution >= 4 is 23.3 Å². The molecule has 0 fully saturated rings. The molecule has 2 N–H and O–H groups in total. The number of nitrogens with one attached hydrogen (secondary N) is 2. The number of amides is 2. The van der Waals surface area contributed by atoms with E-state index in [-0.39, 0.29) is 17.9 Å². The molecule has 0 unspecified atom stereocenters. The molecule has 0 bridgehead atoms. The fourth-order valence-electron chi connectivity index (χ4n) is 2.73. The van der Waals surface area contributed by atoms with E-state index in [1.54, 1.807) is 37.3 Å². The molecule has 0 radical (unpaired) electrons. The number of anilines is 2. The largest absolute Gasteiger partial charge is 0.360 e. The van der Waals surface area contributed by atoms with Crippen molar-refractivity contribution in [2.24, 2.45) is 0 Å². The zero-order valence-electron chi connectivity index (χ0n) is 16.2. The number of tetrazole rings is 1. The Hall–Kier alpha value is -4.41. The van der Waals surface area contributed by atoms with Crippen molar-refractivity contribution in [1.29, 1.82) is 0 Å². The van der Waals surface area contributed by atoms with E-state index in [4.69, 9.17) is 4.52 Å². The lowest BCUT2D eigenvalue weighted by Gasteiger charge is -2.06. The minimum absolute atomic E-state index is 0.172. The lowest BCUT2D eigenvalue weighted by molar-refractivity contribution is -0.117. The molecule has 4 aromatic rings. The Morgan fingerprint density at radius 1 is 1.10 bits per heavy atom. The van der Waals surface area contributed by atoms with E-state index in [1.165, 1.54) is 18.2 Å². The molecule has 2 aromatic heterocycles. The topological polar surface area (TPSA) is 128 Å². The van der Waals surface area contributed by atoms with Gasteiger partial charge in [-0.15, -0.1) is 10.2 Å². The summed E-state index contributed by atoms with van der Waals surface area (Å²) in [7, 11) is 0. The highest BCUT2D eigenvalue weighted by molar-refractivity contribution is 6.04. The highest BCUT2D eigenvalue weighted by atomic mass is 19.1. The summed E-state index contributed by atoms with van der Waals surface area (Å²) in [5.41, 5.74) is 1.25. The predicted molar refractivity (Wildman–Crippen MR) is 107 cm³/mol. The van der Waals surface area contributed by atoms with Gasteiger partial charge >= 0.3 is 0 Å². The molecule has 4 rings (SSSR count). The number of aromatic nitrogens is 5. The number of halogens is 1. The highest BCUT2D eigenvalue weighted by Gasteiger charge is 2.13. The number of carbonyl (C=O) groups excluding carboxylic acids is 2. The Labute approximate surface area is 175 Å². The third kappa shape index (κ3) is 4.96. The van der Waals surface area contributed by atoms with E-state index in [1.807, 2.05) is 0 Å². The fourth-order valence-corrected chi connectivity index (χ4v) is 2.73. The molecule has 2 aromatic carbocycles. The van der Waals surface area contributed by atoms with Crippen molar-refractivity contribution in [2.75, 3.05) is 10.6 Å². The maximum Gasteiger partial charge on any atom is 0.255 e. The van der Waals surface area contributed by atoms with Crippen LogP contribution in [0.3, 0.4) is 0 Å². The summed E-state index contributed by atoms with van der Waals surface area (Å²) in [5, 5.41) is 20.9. The molecule has 2 amide bonds. The van der Waals surface area contributed by atoms with Gasteiger partial charge in [-0.05, 0) is 42.5 Å². The summed E-state index contributed by atoms with van der Waals surface area (Å²) in [6.07, 6.45) is 0. The zero-order valence-corrected chi connectivity index (χ0v) is 16.2. The van der Waals surface area contributed by atoms with E-state index in [0.29, 0.717) is 22.8 Å². The highest BCUT2D eigenvalue weighted by Crippen LogP contribution is 2.19. The average Bonchev–Trinajstić information content (AvgIpc) is 3.37. The number of benzene rings is 2. The van der Waals surface area contributed by atoms with Crippen LogP contribution in [0.5, 0.6) is 0 Å². The molecule has 0 aliphatic rings. The Morgan fingerprint density at radius 3 is 2.71 bits per heavy atom. The number of aryl methyl sites for hydroxylation is 1. The molecule has 31 heavy (non-hydrogen) atoms. The average molecular weight is 421 g/mol. The van der Waals surface area contributed by atoms with Gasteiger partial charge in [0, 0.05) is 22.9 Å². The van der Waals surface area contributed by atoms with Crippen molar-refractivity contribution < 1.29 is 18.5 Å². The van der Waals surface area contributed by atoms with E-state index < -0.39 is 17.6 Å². The Bertz CT molecular complexity index is 1250. The molecule has 10 nitrogen and oxygen atoms in total. The van der Waals surface area contributed by atoms with Crippen LogP contribution in [-0.4, -0.2) is 37.2 Å². The van der Waals surface area contributed by atoms with Crippen LogP contribution in [0.1, 0.15) is 16.1 Å². The fraction of sp³-hybridized carbons (Fsp3) is 0.100. The smallest absolute Gasteiger partial charge is 0.255 e. The van der Waals surface area contributed by atoms with Crippen molar-refractivity contribution in [3.63, 3.8) is 0 Å². The van der Waals surface area contributed by atoms with Gasteiger partial charge in [0.2, 0.25) is 11.7 Å². The monoisotopic (exact) mass is 421 g/mol. The van der Waals surface area contributed by atoms with Crippen molar-refractivity contribution in [1.82, 2.24) is 25.4 Å². The van der Waals surface area contributed by atoms with Crippen LogP contribution in [0.2, 0.25) is 0 Å². The first-order valence-electron chi connectivity index (χ1n) is 9.14. The Morgan fingerprint density at radius 2 is 1.94 bits per heavy atom. The van der Waals surface area contributed by atoms with Gasteiger partial charge in [-0.3, -0.25) is 9.59 Å². The van der Waals surface area contributed by atoms with E-state index in [0.717, 1.165) is 10.9 Å². The molecule has 0 spiro atoms. The van der Waals surface area contributed by atoms with Crippen LogP contribution in [0, 0.1) is 12.7 Å². The van der Waals surface area contributed by atoms with Gasteiger partial charge in [-0.1, -0.05) is 23.4 Å². The normalized spacial score (nSPS) is 10.6. The third-order valence-corrected chi connectivity index (χ3v) is 4.10. The predicted octanol–water partition coefficient (Wildman–Crippen LogP) is 2.67. The first-order chi connectivity index (χ1) is 15.0. The van der Waals surface area contributed by atoms with Crippen LogP contribution in [-0.2, 0) is 11.3 Å². The molecular weight excluding hydrogens is 405 g/mol. The summed E-state index contributed by atoms with van der Waals surface area (Å²) in [5.74, 6) is -0.205. The first kappa shape index (κ1) is 19.9. The van der Waals surface area contributed by atoms with Crippen LogP contribution in [0.15, 0.2) is 59.1 Å². The van der Waals surface area contributed by atoms with E-state index in [2.05, 4.69) is 31.2 Å². The van der Waals surface area contributed by atoms with E-state index >= 15 is 0 Å². The third-order valence-electron chi connectivity index (χ3n) is 4.10. The molecule has 0 aliphatic carbocycles. The van der Waals surface area contributed by atoms with Crippen LogP contribution >= 0.6 is 0 Å². The molecule has 0 aliphatic heterocycles. The van der Waals surface area contributed by atoms with Gasteiger partial charge < -0.3 is 15.2 Å². The summed E-state index contributed by atoms with van der Waals surface area (Å²) in [4.78, 5) is 25.5.